The van der Waals surface area contributed by atoms with E-state index in [9.17, 15) is 4.79 Å². The van der Waals surface area contributed by atoms with E-state index < -0.39 is 6.09 Å². The van der Waals surface area contributed by atoms with E-state index in [0.717, 1.165) is 31.4 Å². The molecule has 1 fully saturated rings. The maximum Gasteiger partial charge on any atom is 0.407 e. The summed E-state index contributed by atoms with van der Waals surface area (Å²) in [4.78, 5) is 12.5. The number of nitrogens with zero attached hydrogens (tertiary/aromatic N) is 3. The molecule has 1 aromatic heterocycles. The number of carboxylic acid groups (broad SMARTS) is 1. The molecule has 23 heavy (non-hydrogen) atoms. The standard InChI is InChI=1S/C17H22N4O2/c1-11-9-18-10-16-14-3-2-13(8-15(14)19-21(11)16)12-4-6-20(7-5-12)17(22)23/h2-3,8,11-12,18H,4-7,9-10H2,1H3,(H,22,23)/t11-/m0/s1. The number of benzene rings is 1. The van der Waals surface area contributed by atoms with E-state index in [4.69, 9.17) is 10.2 Å². The minimum atomic E-state index is -0.804. The number of nitrogens with one attached hydrogen (secondary N) is 1. The molecule has 6 nitrogen and oxygen atoms in total. The first-order valence-corrected chi connectivity index (χ1v) is 8.33. The fourth-order valence-corrected chi connectivity index (χ4v) is 3.86. The van der Waals surface area contributed by atoms with Crippen molar-refractivity contribution in [2.75, 3.05) is 19.6 Å². The normalized spacial score (nSPS) is 22.3. The van der Waals surface area contributed by atoms with Crippen LogP contribution in [0.5, 0.6) is 0 Å². The summed E-state index contributed by atoms with van der Waals surface area (Å²) in [5.74, 6) is 0.435. The maximum atomic E-state index is 11.0. The second-order valence-electron chi connectivity index (χ2n) is 6.69. The van der Waals surface area contributed by atoms with Crippen LogP contribution in [-0.2, 0) is 6.54 Å². The van der Waals surface area contributed by atoms with Crippen molar-refractivity contribution in [3.8, 4) is 0 Å². The third kappa shape index (κ3) is 2.47. The van der Waals surface area contributed by atoms with Crippen LogP contribution in [0.25, 0.3) is 10.9 Å². The number of amides is 1. The monoisotopic (exact) mass is 314 g/mol. The second kappa shape index (κ2) is 5.53. The molecular weight excluding hydrogens is 292 g/mol. The van der Waals surface area contributed by atoms with Crippen LogP contribution in [0.2, 0.25) is 0 Å². The molecule has 1 saturated heterocycles. The Bertz CT molecular complexity index is 746. The number of piperidine rings is 1. The van der Waals surface area contributed by atoms with E-state index in [1.54, 1.807) is 0 Å². The Labute approximate surface area is 135 Å². The third-order valence-electron chi connectivity index (χ3n) is 5.21. The minimum absolute atomic E-state index is 0.383. The van der Waals surface area contributed by atoms with Gasteiger partial charge in [0.2, 0.25) is 0 Å². The molecule has 2 aliphatic rings. The van der Waals surface area contributed by atoms with Crippen LogP contribution in [0, 0.1) is 0 Å². The van der Waals surface area contributed by atoms with Crippen molar-refractivity contribution >= 4 is 17.0 Å². The van der Waals surface area contributed by atoms with Gasteiger partial charge < -0.3 is 15.3 Å². The minimum Gasteiger partial charge on any atom is -0.465 e. The highest BCUT2D eigenvalue weighted by molar-refractivity contribution is 5.82. The van der Waals surface area contributed by atoms with E-state index in [0.29, 0.717) is 25.0 Å². The predicted octanol–water partition coefficient (Wildman–Crippen LogP) is 2.56. The van der Waals surface area contributed by atoms with Crippen LogP contribution in [-0.4, -0.2) is 45.5 Å². The molecule has 1 aromatic carbocycles. The number of likely N-dealkylation sites (tertiary alicyclic amines) is 1. The molecular formula is C17H22N4O2. The van der Waals surface area contributed by atoms with Gasteiger partial charge in [0.05, 0.1) is 17.3 Å². The molecule has 0 spiro atoms. The summed E-state index contributed by atoms with van der Waals surface area (Å²) in [6.07, 6.45) is 0.981. The highest BCUT2D eigenvalue weighted by Crippen LogP contribution is 2.32. The lowest BCUT2D eigenvalue weighted by Gasteiger charge is -2.30. The van der Waals surface area contributed by atoms with Crippen molar-refractivity contribution in [3.63, 3.8) is 0 Å². The molecule has 2 aliphatic heterocycles. The molecule has 2 aromatic rings. The lowest BCUT2D eigenvalue weighted by Crippen LogP contribution is -2.36. The summed E-state index contributed by atoms with van der Waals surface area (Å²) in [5, 5.41) is 18.5. The van der Waals surface area contributed by atoms with E-state index in [1.165, 1.54) is 21.5 Å². The van der Waals surface area contributed by atoms with E-state index in [-0.39, 0.29) is 0 Å². The van der Waals surface area contributed by atoms with Crippen molar-refractivity contribution in [1.29, 1.82) is 0 Å². The SMILES string of the molecule is C[C@H]1CNCc2c3ccc(C4CCN(C(=O)O)CC4)cc3nn21. The smallest absolute Gasteiger partial charge is 0.407 e. The van der Waals surface area contributed by atoms with Crippen molar-refractivity contribution in [1.82, 2.24) is 20.0 Å². The van der Waals surface area contributed by atoms with Crippen LogP contribution >= 0.6 is 0 Å². The largest absolute Gasteiger partial charge is 0.465 e. The summed E-state index contributed by atoms with van der Waals surface area (Å²) >= 11 is 0. The molecule has 0 radical (unpaired) electrons. The Morgan fingerprint density at radius 3 is 2.87 bits per heavy atom. The Balaban J connectivity index is 1.61. The Morgan fingerprint density at radius 1 is 1.35 bits per heavy atom. The summed E-state index contributed by atoms with van der Waals surface area (Å²) in [7, 11) is 0. The van der Waals surface area contributed by atoms with Gasteiger partial charge in [-0.05, 0) is 37.3 Å². The molecule has 1 atom stereocenters. The zero-order valence-electron chi connectivity index (χ0n) is 13.3. The fourth-order valence-electron chi connectivity index (χ4n) is 3.86. The van der Waals surface area contributed by atoms with Crippen LogP contribution in [0.1, 0.15) is 43.0 Å². The predicted molar refractivity (Wildman–Crippen MR) is 87.7 cm³/mol. The van der Waals surface area contributed by atoms with Crippen LogP contribution in [0.3, 0.4) is 0 Å². The number of rotatable bonds is 1. The molecule has 1 amide bonds. The molecule has 0 aliphatic carbocycles. The Morgan fingerprint density at radius 2 is 2.13 bits per heavy atom. The van der Waals surface area contributed by atoms with Gasteiger partial charge in [-0.25, -0.2) is 4.79 Å². The van der Waals surface area contributed by atoms with Gasteiger partial charge in [0, 0.05) is 31.6 Å². The topological polar surface area (TPSA) is 70.4 Å². The van der Waals surface area contributed by atoms with Crippen molar-refractivity contribution in [2.45, 2.75) is 38.3 Å². The number of fused-ring (bicyclic) bond motifs is 3. The van der Waals surface area contributed by atoms with Crippen molar-refractivity contribution in [2.24, 2.45) is 0 Å². The molecule has 122 valence electrons. The highest BCUT2D eigenvalue weighted by atomic mass is 16.4. The van der Waals surface area contributed by atoms with Gasteiger partial charge >= 0.3 is 6.09 Å². The second-order valence-corrected chi connectivity index (χ2v) is 6.69. The average molecular weight is 314 g/mol. The first-order valence-electron chi connectivity index (χ1n) is 8.33. The van der Waals surface area contributed by atoms with E-state index >= 15 is 0 Å². The zero-order chi connectivity index (χ0) is 16.0. The highest BCUT2D eigenvalue weighted by Gasteiger charge is 2.25. The van der Waals surface area contributed by atoms with Gasteiger partial charge in [0.25, 0.3) is 0 Å². The maximum absolute atomic E-state index is 11.0. The lowest BCUT2D eigenvalue weighted by molar-refractivity contribution is 0.132. The molecule has 0 bridgehead atoms. The first-order chi connectivity index (χ1) is 11.1. The first kappa shape index (κ1) is 14.5. The molecule has 6 heteroatoms. The van der Waals surface area contributed by atoms with E-state index in [1.807, 2.05) is 0 Å². The quantitative estimate of drug-likeness (QED) is 0.848. The third-order valence-corrected chi connectivity index (χ3v) is 5.21. The summed E-state index contributed by atoms with van der Waals surface area (Å²) in [6, 6.07) is 6.97. The van der Waals surface area contributed by atoms with Crippen molar-refractivity contribution < 1.29 is 9.90 Å². The summed E-state index contributed by atoms with van der Waals surface area (Å²) in [6.45, 7) is 5.26. The molecule has 4 rings (SSSR count). The number of hydrogen-bond acceptors (Lipinski definition) is 3. The molecule has 0 saturated carbocycles. The summed E-state index contributed by atoms with van der Waals surface area (Å²) < 4.78 is 2.15. The van der Waals surface area contributed by atoms with Gasteiger partial charge in [-0.15, -0.1) is 0 Å². The Hall–Kier alpha value is -2.08. The fraction of sp³-hybridized carbons (Fsp3) is 0.529. The van der Waals surface area contributed by atoms with Gasteiger partial charge in [-0.3, -0.25) is 4.68 Å². The van der Waals surface area contributed by atoms with Crippen LogP contribution in [0.4, 0.5) is 4.79 Å². The van der Waals surface area contributed by atoms with Crippen LogP contribution in [0.15, 0.2) is 18.2 Å². The van der Waals surface area contributed by atoms with Gasteiger partial charge in [-0.2, -0.15) is 5.10 Å². The molecule has 2 N–H and O–H groups in total. The van der Waals surface area contributed by atoms with Crippen molar-refractivity contribution in [3.05, 3.63) is 29.5 Å². The lowest BCUT2D eigenvalue weighted by atomic mass is 9.89. The molecule has 0 unspecified atom stereocenters. The number of hydrogen-bond donors (Lipinski definition) is 2. The molecule has 3 heterocycles. The van der Waals surface area contributed by atoms with Gasteiger partial charge in [0.1, 0.15) is 0 Å². The number of carbonyl (C=O) groups is 1. The van der Waals surface area contributed by atoms with Gasteiger partial charge in [-0.1, -0.05) is 12.1 Å². The average Bonchev–Trinajstić information content (AvgIpc) is 2.94. The zero-order valence-corrected chi connectivity index (χ0v) is 13.3. The Kier molecular flexibility index (Phi) is 3.49. The van der Waals surface area contributed by atoms with E-state index in [2.05, 4.69) is 35.1 Å². The summed E-state index contributed by atoms with van der Waals surface area (Å²) in [5.41, 5.74) is 3.62. The van der Waals surface area contributed by atoms with Crippen LogP contribution < -0.4 is 5.32 Å². The number of aromatic nitrogens is 2. The van der Waals surface area contributed by atoms with Gasteiger partial charge in [0.15, 0.2) is 0 Å².